The van der Waals surface area contributed by atoms with Crippen LogP contribution >= 0.6 is 0 Å². The third-order valence-electron chi connectivity index (χ3n) is 3.31. The molecule has 0 aliphatic rings. The fourth-order valence-corrected chi connectivity index (χ4v) is 1.73. The molecule has 0 bridgehead atoms. The molecule has 3 N–H and O–H groups in total. The summed E-state index contributed by atoms with van der Waals surface area (Å²) in [6, 6.07) is 0. The second kappa shape index (κ2) is 13.0. The van der Waals surface area contributed by atoms with E-state index in [9.17, 15) is 0 Å². The molecule has 0 aliphatic heterocycles. The van der Waals surface area contributed by atoms with Gasteiger partial charge in [-0.1, -0.05) is 0 Å². The van der Waals surface area contributed by atoms with Crippen LogP contribution in [0.5, 0.6) is 0 Å². The Labute approximate surface area is 138 Å². The van der Waals surface area contributed by atoms with Crippen molar-refractivity contribution in [2.24, 2.45) is 5.41 Å². The number of hydrogen-bond acceptors (Lipinski definition) is 8. The molecule has 0 radical (unpaired) electrons. The molecule has 0 aliphatic carbocycles. The van der Waals surface area contributed by atoms with Crippen molar-refractivity contribution >= 4 is 0 Å². The highest BCUT2D eigenvalue weighted by Crippen LogP contribution is 2.22. The molecule has 0 aromatic heterocycles. The lowest BCUT2D eigenvalue weighted by molar-refractivity contribution is -0.280. The molecule has 140 valence electrons. The molecule has 3 unspecified atom stereocenters. The van der Waals surface area contributed by atoms with E-state index in [0.717, 1.165) is 0 Å². The van der Waals surface area contributed by atoms with Gasteiger partial charge in [0, 0.05) is 7.11 Å². The zero-order chi connectivity index (χ0) is 17.7. The van der Waals surface area contributed by atoms with Gasteiger partial charge in [-0.05, 0) is 20.8 Å². The second-order valence-electron chi connectivity index (χ2n) is 5.96. The van der Waals surface area contributed by atoms with Crippen molar-refractivity contribution in [1.29, 1.82) is 0 Å². The highest BCUT2D eigenvalue weighted by molar-refractivity contribution is 4.80. The molecule has 0 amide bonds. The van der Waals surface area contributed by atoms with Crippen molar-refractivity contribution in [3.05, 3.63) is 0 Å². The minimum Gasteiger partial charge on any atom is -0.394 e. The summed E-state index contributed by atoms with van der Waals surface area (Å²) in [5.74, 6) is 0. The maximum Gasteiger partial charge on any atom is 0.0942 e. The third-order valence-corrected chi connectivity index (χ3v) is 3.31. The molecule has 3 atom stereocenters. The smallest absolute Gasteiger partial charge is 0.0942 e. The SMILES string of the molecule is COCC(C)OCC(COO)(COC(C)CO)COC(C)CO. The summed E-state index contributed by atoms with van der Waals surface area (Å²) in [7, 11) is 1.59. The van der Waals surface area contributed by atoms with E-state index in [-0.39, 0.29) is 58.0 Å². The zero-order valence-electron chi connectivity index (χ0n) is 14.6. The molecule has 0 heterocycles. The fourth-order valence-electron chi connectivity index (χ4n) is 1.73. The van der Waals surface area contributed by atoms with Gasteiger partial charge in [0.1, 0.15) is 0 Å². The molecular weight excluding hydrogens is 308 g/mol. The van der Waals surface area contributed by atoms with Gasteiger partial charge in [0.2, 0.25) is 0 Å². The minimum atomic E-state index is -0.774. The minimum absolute atomic E-state index is 0.0665. The van der Waals surface area contributed by atoms with Crippen molar-refractivity contribution in [3.63, 3.8) is 0 Å². The van der Waals surface area contributed by atoms with Crippen molar-refractivity contribution < 1.29 is 39.3 Å². The summed E-state index contributed by atoms with van der Waals surface area (Å²) in [5, 5.41) is 27.1. The van der Waals surface area contributed by atoms with E-state index in [4.69, 9.17) is 34.4 Å². The molecule has 8 nitrogen and oxygen atoms in total. The summed E-state index contributed by atoms with van der Waals surface area (Å²) in [6.07, 6.45) is -0.872. The maximum absolute atomic E-state index is 9.09. The molecule has 0 saturated carbocycles. The van der Waals surface area contributed by atoms with Crippen molar-refractivity contribution in [1.82, 2.24) is 0 Å². The Kier molecular flexibility index (Phi) is 12.8. The Morgan fingerprint density at radius 3 is 1.57 bits per heavy atom. The van der Waals surface area contributed by atoms with Gasteiger partial charge in [-0.2, -0.15) is 0 Å². The average molecular weight is 340 g/mol. The average Bonchev–Trinajstić information content (AvgIpc) is 2.55. The van der Waals surface area contributed by atoms with Crippen LogP contribution in [0, 0.1) is 5.41 Å². The largest absolute Gasteiger partial charge is 0.394 e. The molecule has 0 spiro atoms. The lowest BCUT2D eigenvalue weighted by atomic mass is 9.92. The number of rotatable bonds is 15. The zero-order valence-corrected chi connectivity index (χ0v) is 14.6. The van der Waals surface area contributed by atoms with E-state index in [1.165, 1.54) is 0 Å². The Balaban J connectivity index is 4.83. The van der Waals surface area contributed by atoms with Crippen LogP contribution in [0.3, 0.4) is 0 Å². The van der Waals surface area contributed by atoms with E-state index >= 15 is 0 Å². The first-order valence-corrected chi connectivity index (χ1v) is 7.74. The summed E-state index contributed by atoms with van der Waals surface area (Å²) in [6.45, 7) is 5.97. The van der Waals surface area contributed by atoms with Gasteiger partial charge >= 0.3 is 0 Å². The highest BCUT2D eigenvalue weighted by atomic mass is 17.1. The Bertz CT molecular complexity index is 262. The Morgan fingerprint density at radius 2 is 1.22 bits per heavy atom. The maximum atomic E-state index is 9.09. The van der Waals surface area contributed by atoms with E-state index < -0.39 is 5.41 Å². The Hall–Kier alpha value is -0.320. The van der Waals surface area contributed by atoms with Crippen LogP contribution in [0.15, 0.2) is 0 Å². The quantitative estimate of drug-likeness (QED) is 0.289. The van der Waals surface area contributed by atoms with Gasteiger partial charge in [-0.25, -0.2) is 4.89 Å². The van der Waals surface area contributed by atoms with E-state index in [1.54, 1.807) is 21.0 Å². The summed E-state index contributed by atoms with van der Waals surface area (Å²) in [5.41, 5.74) is -0.774. The predicted molar refractivity (Wildman–Crippen MR) is 83.3 cm³/mol. The topological polar surface area (TPSA) is 107 Å². The van der Waals surface area contributed by atoms with Gasteiger partial charge in [-0.15, -0.1) is 0 Å². The number of aliphatic hydroxyl groups excluding tert-OH is 2. The van der Waals surface area contributed by atoms with Gasteiger partial charge in [0.25, 0.3) is 0 Å². The summed E-state index contributed by atoms with van der Waals surface area (Å²) >= 11 is 0. The number of ether oxygens (including phenoxy) is 4. The summed E-state index contributed by atoms with van der Waals surface area (Å²) < 4.78 is 21.9. The van der Waals surface area contributed by atoms with Crippen molar-refractivity contribution in [2.45, 2.75) is 39.1 Å². The standard InChI is InChI=1S/C15H32O8/c1-12(5-16)20-8-15(11-23-18,9-21-13(2)6-17)10-22-14(3)7-19-4/h12-14,16-18H,5-11H2,1-4H3. The molecule has 8 heteroatoms. The first-order valence-electron chi connectivity index (χ1n) is 7.74. The third kappa shape index (κ3) is 10.2. The molecule has 0 aromatic carbocycles. The summed E-state index contributed by atoms with van der Waals surface area (Å²) in [4.78, 5) is 4.34. The van der Waals surface area contributed by atoms with Crippen LogP contribution in [-0.2, 0) is 23.8 Å². The first kappa shape index (κ1) is 22.7. The monoisotopic (exact) mass is 340 g/mol. The van der Waals surface area contributed by atoms with Crippen LogP contribution in [0.2, 0.25) is 0 Å². The van der Waals surface area contributed by atoms with Gasteiger partial charge in [0.15, 0.2) is 0 Å². The molecule has 23 heavy (non-hydrogen) atoms. The molecule has 0 aromatic rings. The van der Waals surface area contributed by atoms with Gasteiger partial charge in [0.05, 0.1) is 70.0 Å². The molecular formula is C15H32O8. The van der Waals surface area contributed by atoms with Crippen LogP contribution in [0.1, 0.15) is 20.8 Å². The van der Waals surface area contributed by atoms with E-state index in [1.807, 2.05) is 6.92 Å². The number of methoxy groups -OCH3 is 1. The van der Waals surface area contributed by atoms with Gasteiger partial charge < -0.3 is 29.2 Å². The Morgan fingerprint density at radius 1 is 0.783 bits per heavy atom. The van der Waals surface area contributed by atoms with Gasteiger partial charge in [-0.3, -0.25) is 5.26 Å². The van der Waals surface area contributed by atoms with Crippen LogP contribution in [-0.4, -0.2) is 87.1 Å². The first-order chi connectivity index (χ1) is 10.9. The second-order valence-corrected chi connectivity index (χ2v) is 5.96. The normalized spacial score (nSPS) is 18.4. The highest BCUT2D eigenvalue weighted by Gasteiger charge is 2.34. The molecule has 0 saturated heterocycles. The number of hydrogen-bond donors (Lipinski definition) is 3. The van der Waals surface area contributed by atoms with Crippen LogP contribution < -0.4 is 0 Å². The number of aliphatic hydroxyl groups is 2. The lowest BCUT2D eigenvalue weighted by Gasteiger charge is -2.34. The van der Waals surface area contributed by atoms with Crippen LogP contribution in [0.4, 0.5) is 0 Å². The fraction of sp³-hybridized carbons (Fsp3) is 1.00. The van der Waals surface area contributed by atoms with E-state index in [2.05, 4.69) is 4.89 Å². The lowest BCUT2D eigenvalue weighted by Crippen LogP contribution is -2.44. The van der Waals surface area contributed by atoms with E-state index in [0.29, 0.717) is 6.61 Å². The van der Waals surface area contributed by atoms with Crippen molar-refractivity contribution in [3.8, 4) is 0 Å². The molecule has 0 fully saturated rings. The van der Waals surface area contributed by atoms with Crippen LogP contribution in [0.25, 0.3) is 0 Å². The predicted octanol–water partition coefficient (Wildman–Crippen LogP) is 0.309. The molecule has 0 rings (SSSR count). The van der Waals surface area contributed by atoms with Crippen molar-refractivity contribution in [2.75, 3.05) is 53.4 Å².